The van der Waals surface area contributed by atoms with E-state index in [9.17, 15) is 26.3 Å². The summed E-state index contributed by atoms with van der Waals surface area (Å²) < 4.78 is 69.1. The molecule has 1 aromatic carbocycles. The van der Waals surface area contributed by atoms with Gasteiger partial charge in [0.1, 0.15) is 0 Å². The molecule has 3 nitrogen and oxygen atoms in total. The van der Waals surface area contributed by atoms with E-state index in [4.69, 9.17) is 9.90 Å². The normalized spacial score (nSPS) is 18.9. The second-order valence-corrected chi connectivity index (χ2v) is 6.09. The van der Waals surface area contributed by atoms with Crippen LogP contribution in [0.15, 0.2) is 30.3 Å². The van der Waals surface area contributed by atoms with E-state index in [1.807, 2.05) is 0 Å². The second kappa shape index (κ2) is 6.70. The molecule has 1 aliphatic carbocycles. The van der Waals surface area contributed by atoms with Gasteiger partial charge in [-0.2, -0.15) is 26.3 Å². The number of hydrogen-bond acceptors (Lipinski definition) is 2. The van der Waals surface area contributed by atoms with Gasteiger partial charge in [-0.25, -0.2) is 4.79 Å². The highest BCUT2D eigenvalue weighted by Gasteiger charge is 2.40. The Morgan fingerprint density at radius 1 is 1.04 bits per heavy atom. The maximum atomic E-state index is 12.5. The van der Waals surface area contributed by atoms with Crippen LogP contribution in [0.3, 0.4) is 0 Å². The van der Waals surface area contributed by atoms with Crippen molar-refractivity contribution in [3.8, 4) is 0 Å². The summed E-state index contributed by atoms with van der Waals surface area (Å²) in [5.41, 5.74) is 1.87. The molecule has 3 rings (SSSR count). The average Bonchev–Trinajstić information content (AvgIpc) is 2.92. The predicted molar refractivity (Wildman–Crippen MR) is 77.6 cm³/mol. The van der Waals surface area contributed by atoms with Crippen molar-refractivity contribution in [2.75, 3.05) is 13.1 Å². The molecular weight excluding hydrogens is 352 g/mol. The number of allylic oxidation sites excluding steroid dienone is 2. The number of benzene rings is 1. The fourth-order valence-corrected chi connectivity index (χ4v) is 2.73. The van der Waals surface area contributed by atoms with Crippen molar-refractivity contribution in [1.29, 1.82) is 0 Å². The number of carboxylic acids is 1. The third-order valence-electron chi connectivity index (χ3n) is 4.17. The SMILES string of the molecule is FC(F)(F)c1ccc(C2=CCC3(CNC3)C2)cc1.O=C(O)C(F)(F)F. The molecule has 0 radical (unpaired) electrons. The highest BCUT2D eigenvalue weighted by molar-refractivity contribution is 5.73. The average molecular weight is 367 g/mol. The van der Waals surface area contributed by atoms with E-state index in [0.29, 0.717) is 5.41 Å². The number of nitrogens with one attached hydrogen (secondary N) is 1. The quantitative estimate of drug-likeness (QED) is 0.735. The first-order chi connectivity index (χ1) is 11.4. The highest BCUT2D eigenvalue weighted by atomic mass is 19.4. The summed E-state index contributed by atoms with van der Waals surface area (Å²) in [6.07, 6.45) is -5.15. The lowest BCUT2D eigenvalue weighted by molar-refractivity contribution is -0.192. The van der Waals surface area contributed by atoms with Crippen molar-refractivity contribution < 1.29 is 36.2 Å². The van der Waals surface area contributed by atoms with Gasteiger partial charge < -0.3 is 10.4 Å². The van der Waals surface area contributed by atoms with Gasteiger partial charge >= 0.3 is 18.3 Å². The summed E-state index contributed by atoms with van der Waals surface area (Å²) in [6, 6.07) is 5.50. The lowest BCUT2D eigenvalue weighted by atomic mass is 9.78. The molecule has 1 saturated heterocycles. The van der Waals surface area contributed by atoms with Gasteiger partial charge in [0.25, 0.3) is 0 Å². The minimum Gasteiger partial charge on any atom is -0.475 e. The molecule has 1 spiro atoms. The Kier molecular flexibility index (Phi) is 5.17. The maximum Gasteiger partial charge on any atom is 0.490 e. The predicted octanol–water partition coefficient (Wildman–Crippen LogP) is 4.11. The number of carboxylic acid groups (broad SMARTS) is 1. The molecule has 0 saturated carbocycles. The van der Waals surface area contributed by atoms with E-state index in [-0.39, 0.29) is 0 Å². The summed E-state index contributed by atoms with van der Waals surface area (Å²) in [5.74, 6) is -2.76. The third kappa shape index (κ3) is 4.75. The van der Waals surface area contributed by atoms with Gasteiger partial charge in [-0.05, 0) is 36.1 Å². The van der Waals surface area contributed by atoms with Crippen LogP contribution in [0.2, 0.25) is 0 Å². The zero-order chi connectivity index (χ0) is 18.9. The van der Waals surface area contributed by atoms with Gasteiger partial charge in [0.2, 0.25) is 0 Å². The van der Waals surface area contributed by atoms with E-state index in [0.717, 1.165) is 31.5 Å². The van der Waals surface area contributed by atoms with Crippen molar-refractivity contribution in [2.45, 2.75) is 25.2 Å². The van der Waals surface area contributed by atoms with Crippen LogP contribution in [0.5, 0.6) is 0 Å². The topological polar surface area (TPSA) is 49.3 Å². The van der Waals surface area contributed by atoms with Gasteiger partial charge in [0.05, 0.1) is 5.56 Å². The molecule has 2 aliphatic rings. The Morgan fingerprint density at radius 3 is 1.88 bits per heavy atom. The Balaban J connectivity index is 0.000000277. The Hall–Kier alpha value is -2.03. The molecule has 0 bridgehead atoms. The summed E-state index contributed by atoms with van der Waals surface area (Å²) in [4.78, 5) is 8.90. The number of hydrogen-bond donors (Lipinski definition) is 2. The molecule has 0 aromatic heterocycles. The molecule has 138 valence electrons. The van der Waals surface area contributed by atoms with E-state index in [1.165, 1.54) is 17.7 Å². The summed E-state index contributed by atoms with van der Waals surface area (Å²) >= 11 is 0. The monoisotopic (exact) mass is 367 g/mol. The molecular formula is C16H15F6NO2. The first kappa shape index (κ1) is 19.3. The molecule has 0 unspecified atom stereocenters. The van der Waals surface area contributed by atoms with Crippen LogP contribution < -0.4 is 5.32 Å². The van der Waals surface area contributed by atoms with E-state index >= 15 is 0 Å². The van der Waals surface area contributed by atoms with Crippen LogP contribution in [-0.4, -0.2) is 30.3 Å². The standard InChI is InChI=1S/C14H14F3N.C2HF3O2/c15-14(16,17)12-3-1-10(2-4-12)11-5-6-13(7-11)8-18-9-13;3-2(4,5)1(6)7/h1-5,18H,6-9H2;(H,6,7). The van der Waals surface area contributed by atoms with Crippen molar-refractivity contribution in [1.82, 2.24) is 5.32 Å². The van der Waals surface area contributed by atoms with Crippen LogP contribution in [0.25, 0.3) is 5.57 Å². The smallest absolute Gasteiger partial charge is 0.475 e. The zero-order valence-corrected chi connectivity index (χ0v) is 12.8. The molecule has 25 heavy (non-hydrogen) atoms. The minimum atomic E-state index is -5.08. The zero-order valence-electron chi connectivity index (χ0n) is 12.8. The maximum absolute atomic E-state index is 12.5. The van der Waals surface area contributed by atoms with Gasteiger partial charge in [0, 0.05) is 18.5 Å². The van der Waals surface area contributed by atoms with E-state index in [2.05, 4.69) is 11.4 Å². The number of aliphatic carboxylic acids is 1. The lowest BCUT2D eigenvalue weighted by Gasteiger charge is -2.39. The molecule has 2 N–H and O–H groups in total. The lowest BCUT2D eigenvalue weighted by Crippen LogP contribution is -2.51. The van der Waals surface area contributed by atoms with Crippen molar-refractivity contribution in [2.24, 2.45) is 5.41 Å². The fraction of sp³-hybridized carbons (Fsp3) is 0.438. The summed E-state index contributed by atoms with van der Waals surface area (Å²) in [5, 5.41) is 10.4. The molecule has 9 heteroatoms. The van der Waals surface area contributed by atoms with Gasteiger partial charge in [0.15, 0.2) is 0 Å². The van der Waals surface area contributed by atoms with Crippen LogP contribution >= 0.6 is 0 Å². The molecule has 0 amide bonds. The van der Waals surface area contributed by atoms with Crippen LogP contribution in [0.4, 0.5) is 26.3 Å². The highest BCUT2D eigenvalue weighted by Crippen LogP contribution is 2.44. The van der Waals surface area contributed by atoms with Gasteiger partial charge in [-0.15, -0.1) is 0 Å². The Morgan fingerprint density at radius 2 is 1.56 bits per heavy atom. The van der Waals surface area contributed by atoms with Crippen LogP contribution in [-0.2, 0) is 11.0 Å². The Bertz CT molecular complexity index is 657. The summed E-state index contributed by atoms with van der Waals surface area (Å²) in [7, 11) is 0. The van der Waals surface area contributed by atoms with Gasteiger partial charge in [-0.3, -0.25) is 0 Å². The van der Waals surface area contributed by atoms with Crippen LogP contribution in [0.1, 0.15) is 24.0 Å². The fourth-order valence-electron chi connectivity index (χ4n) is 2.73. The second-order valence-electron chi connectivity index (χ2n) is 6.09. The summed E-state index contributed by atoms with van der Waals surface area (Å²) in [6.45, 7) is 2.04. The minimum absolute atomic E-state index is 0.345. The van der Waals surface area contributed by atoms with Crippen molar-refractivity contribution in [3.63, 3.8) is 0 Å². The van der Waals surface area contributed by atoms with Crippen LogP contribution in [0, 0.1) is 5.41 Å². The number of rotatable bonds is 1. The molecule has 1 heterocycles. The number of halogens is 6. The van der Waals surface area contributed by atoms with E-state index in [1.54, 1.807) is 12.1 Å². The van der Waals surface area contributed by atoms with E-state index < -0.39 is 23.9 Å². The number of carbonyl (C=O) groups is 1. The van der Waals surface area contributed by atoms with Gasteiger partial charge in [-0.1, -0.05) is 18.2 Å². The molecule has 0 atom stereocenters. The van der Waals surface area contributed by atoms with Crippen molar-refractivity contribution in [3.05, 3.63) is 41.5 Å². The molecule has 1 aromatic rings. The Labute approximate surface area is 139 Å². The third-order valence-corrected chi connectivity index (χ3v) is 4.17. The first-order valence-corrected chi connectivity index (χ1v) is 7.30. The van der Waals surface area contributed by atoms with Crippen molar-refractivity contribution >= 4 is 11.5 Å². The largest absolute Gasteiger partial charge is 0.490 e. The number of alkyl halides is 6. The molecule has 1 fully saturated rings. The molecule has 1 aliphatic heterocycles. The first-order valence-electron chi connectivity index (χ1n) is 7.30.